The summed E-state index contributed by atoms with van der Waals surface area (Å²) in [7, 11) is 1.41. The predicted octanol–water partition coefficient (Wildman–Crippen LogP) is 3.25. The van der Waals surface area contributed by atoms with Gasteiger partial charge in [0.1, 0.15) is 23.6 Å². The highest BCUT2D eigenvalue weighted by Gasteiger charge is 2.16. The number of hydrogen-bond donors (Lipinski definition) is 3. The highest BCUT2D eigenvalue weighted by Crippen LogP contribution is 2.31. The van der Waals surface area contributed by atoms with Crippen LogP contribution in [0.2, 0.25) is 5.02 Å². The highest BCUT2D eigenvalue weighted by molar-refractivity contribution is 6.30. The molecule has 0 spiro atoms. The molecule has 0 amide bonds. The molecule has 0 radical (unpaired) electrons. The molecule has 3 aromatic heterocycles. The lowest BCUT2D eigenvalue weighted by Crippen LogP contribution is -2.13. The molecule has 27 heavy (non-hydrogen) atoms. The average Bonchev–Trinajstić information content (AvgIpc) is 3.15. The van der Waals surface area contributed by atoms with Crippen LogP contribution in [0.25, 0.3) is 22.2 Å². The first-order valence-corrected chi connectivity index (χ1v) is 8.12. The van der Waals surface area contributed by atoms with Gasteiger partial charge in [-0.15, -0.1) is 0 Å². The zero-order valence-electron chi connectivity index (χ0n) is 13.9. The molecule has 3 N–H and O–H groups in total. The standard InChI is InChI=1S/C17H12ClFN6O2/c1-27-17-13(23-14-11-6-22-25-15(11)21-7-20-14)5-10(16(26)24-17)9-4-8(18)2-3-12(9)19/h2-7H,1H3,(H,24,26)(H2,20,21,22,23,25). The second-order valence-corrected chi connectivity index (χ2v) is 6.00. The number of methoxy groups -OCH3 is 1. The van der Waals surface area contributed by atoms with Gasteiger partial charge in [0.05, 0.1) is 24.3 Å². The number of aromatic nitrogens is 5. The SMILES string of the molecule is COc1[nH]c(=O)c(-c2cc(Cl)ccc2F)cc1Nc1ncnc2[nH]ncc12. The van der Waals surface area contributed by atoms with Crippen molar-refractivity contribution in [1.29, 1.82) is 0 Å². The Kier molecular flexibility index (Phi) is 4.21. The number of hydrogen-bond acceptors (Lipinski definition) is 6. The minimum atomic E-state index is -0.569. The van der Waals surface area contributed by atoms with Gasteiger partial charge in [0.2, 0.25) is 5.88 Å². The van der Waals surface area contributed by atoms with Gasteiger partial charge in [0.15, 0.2) is 5.65 Å². The number of benzene rings is 1. The fraction of sp³-hybridized carbons (Fsp3) is 0.0588. The van der Waals surface area contributed by atoms with E-state index < -0.39 is 11.4 Å². The van der Waals surface area contributed by atoms with Crippen molar-refractivity contribution < 1.29 is 9.13 Å². The molecule has 0 atom stereocenters. The first kappa shape index (κ1) is 17.0. The van der Waals surface area contributed by atoms with Gasteiger partial charge in [-0.2, -0.15) is 5.10 Å². The summed E-state index contributed by atoms with van der Waals surface area (Å²) < 4.78 is 19.5. The van der Waals surface area contributed by atoms with E-state index in [1.165, 1.54) is 37.7 Å². The molecule has 0 saturated heterocycles. The monoisotopic (exact) mass is 386 g/mol. The third kappa shape index (κ3) is 3.08. The number of fused-ring (bicyclic) bond motifs is 1. The summed E-state index contributed by atoms with van der Waals surface area (Å²) in [6, 6.07) is 5.47. The summed E-state index contributed by atoms with van der Waals surface area (Å²) in [6.07, 6.45) is 2.92. The molecule has 0 bridgehead atoms. The molecular weight excluding hydrogens is 375 g/mol. The van der Waals surface area contributed by atoms with E-state index in [9.17, 15) is 9.18 Å². The maximum Gasteiger partial charge on any atom is 0.258 e. The number of pyridine rings is 1. The summed E-state index contributed by atoms with van der Waals surface area (Å²) >= 11 is 5.95. The van der Waals surface area contributed by atoms with Crippen LogP contribution in [-0.2, 0) is 0 Å². The van der Waals surface area contributed by atoms with E-state index in [0.717, 1.165) is 0 Å². The van der Waals surface area contributed by atoms with Crippen molar-refractivity contribution in [2.75, 3.05) is 12.4 Å². The van der Waals surface area contributed by atoms with E-state index in [4.69, 9.17) is 16.3 Å². The van der Waals surface area contributed by atoms with E-state index in [1.54, 1.807) is 6.20 Å². The van der Waals surface area contributed by atoms with Crippen molar-refractivity contribution in [3.8, 4) is 17.0 Å². The van der Waals surface area contributed by atoms with Crippen molar-refractivity contribution in [3.05, 3.63) is 58.0 Å². The lowest BCUT2D eigenvalue weighted by atomic mass is 10.1. The van der Waals surface area contributed by atoms with Crippen molar-refractivity contribution >= 4 is 34.1 Å². The maximum atomic E-state index is 14.2. The smallest absolute Gasteiger partial charge is 0.258 e. The number of rotatable bonds is 4. The molecule has 136 valence electrons. The van der Waals surface area contributed by atoms with Crippen LogP contribution in [0.5, 0.6) is 5.88 Å². The maximum absolute atomic E-state index is 14.2. The lowest BCUT2D eigenvalue weighted by molar-refractivity contribution is 0.399. The van der Waals surface area contributed by atoms with Crippen molar-refractivity contribution in [2.24, 2.45) is 0 Å². The molecule has 0 aliphatic heterocycles. The molecule has 4 aromatic rings. The molecule has 0 fully saturated rings. The molecule has 4 rings (SSSR count). The number of halogens is 2. The molecule has 0 aliphatic rings. The van der Waals surface area contributed by atoms with Gasteiger partial charge in [0.25, 0.3) is 5.56 Å². The van der Waals surface area contributed by atoms with Crippen LogP contribution in [-0.4, -0.2) is 32.3 Å². The van der Waals surface area contributed by atoms with Crippen LogP contribution >= 0.6 is 11.6 Å². The quantitative estimate of drug-likeness (QED) is 0.496. The Morgan fingerprint density at radius 1 is 1.22 bits per heavy atom. The Morgan fingerprint density at radius 3 is 2.89 bits per heavy atom. The Hall–Kier alpha value is -3.46. The molecule has 8 nitrogen and oxygen atoms in total. The number of aromatic amines is 2. The first-order chi connectivity index (χ1) is 13.1. The zero-order valence-corrected chi connectivity index (χ0v) is 14.6. The molecule has 0 saturated carbocycles. The highest BCUT2D eigenvalue weighted by atomic mass is 35.5. The Balaban J connectivity index is 1.86. The molecular formula is C17H12ClFN6O2. The third-order valence-corrected chi connectivity index (χ3v) is 4.16. The van der Waals surface area contributed by atoms with E-state index in [1.807, 2.05) is 0 Å². The van der Waals surface area contributed by atoms with Gasteiger partial charge < -0.3 is 10.1 Å². The van der Waals surface area contributed by atoms with Gasteiger partial charge in [-0.3, -0.25) is 14.9 Å². The van der Waals surface area contributed by atoms with Crippen molar-refractivity contribution in [3.63, 3.8) is 0 Å². The molecule has 0 aliphatic carbocycles. The largest absolute Gasteiger partial charge is 0.481 e. The van der Waals surface area contributed by atoms with Crippen LogP contribution in [0.3, 0.4) is 0 Å². The number of anilines is 2. The Labute approximate surface area is 156 Å². The number of nitrogens with zero attached hydrogens (tertiary/aromatic N) is 3. The summed E-state index contributed by atoms with van der Waals surface area (Å²) in [5.41, 5.74) is 0.570. The van der Waals surface area contributed by atoms with Crippen LogP contribution in [0.1, 0.15) is 0 Å². The van der Waals surface area contributed by atoms with Crippen molar-refractivity contribution in [1.82, 2.24) is 25.1 Å². The topological polar surface area (TPSA) is 109 Å². The molecule has 3 heterocycles. The molecule has 10 heteroatoms. The van der Waals surface area contributed by atoms with Crippen LogP contribution in [0, 0.1) is 5.82 Å². The van der Waals surface area contributed by atoms with Gasteiger partial charge >= 0.3 is 0 Å². The van der Waals surface area contributed by atoms with Gasteiger partial charge in [-0.1, -0.05) is 11.6 Å². The van der Waals surface area contributed by atoms with Crippen LogP contribution in [0.4, 0.5) is 15.9 Å². The normalized spacial score (nSPS) is 10.9. The summed E-state index contributed by atoms with van der Waals surface area (Å²) in [5.74, 6) is 0.0401. The minimum absolute atomic E-state index is 0.0746. The third-order valence-electron chi connectivity index (χ3n) is 3.93. The second-order valence-electron chi connectivity index (χ2n) is 5.56. The zero-order chi connectivity index (χ0) is 19.0. The molecule has 1 aromatic carbocycles. The minimum Gasteiger partial charge on any atom is -0.481 e. The summed E-state index contributed by atoms with van der Waals surface area (Å²) in [4.78, 5) is 23.3. The number of ether oxygens (including phenoxy) is 1. The Morgan fingerprint density at radius 2 is 2.07 bits per heavy atom. The summed E-state index contributed by atoms with van der Waals surface area (Å²) in [5, 5.41) is 10.7. The molecule has 0 unspecified atom stereocenters. The lowest BCUT2D eigenvalue weighted by Gasteiger charge is -2.13. The predicted molar refractivity (Wildman–Crippen MR) is 99.0 cm³/mol. The number of nitrogens with one attached hydrogen (secondary N) is 3. The van der Waals surface area contributed by atoms with Gasteiger partial charge in [0, 0.05) is 10.6 Å². The second kappa shape index (κ2) is 6.69. The summed E-state index contributed by atoms with van der Waals surface area (Å²) in [6.45, 7) is 0. The van der Waals surface area contributed by atoms with Gasteiger partial charge in [-0.25, -0.2) is 14.4 Å². The van der Waals surface area contributed by atoms with Gasteiger partial charge in [-0.05, 0) is 24.3 Å². The fourth-order valence-electron chi connectivity index (χ4n) is 2.66. The number of H-pyrrole nitrogens is 2. The van der Waals surface area contributed by atoms with E-state index >= 15 is 0 Å². The van der Waals surface area contributed by atoms with Crippen LogP contribution in [0.15, 0.2) is 41.6 Å². The fourth-order valence-corrected chi connectivity index (χ4v) is 2.84. The first-order valence-electron chi connectivity index (χ1n) is 7.74. The van der Waals surface area contributed by atoms with E-state index in [0.29, 0.717) is 27.6 Å². The van der Waals surface area contributed by atoms with Crippen LogP contribution < -0.4 is 15.6 Å². The average molecular weight is 387 g/mol. The van der Waals surface area contributed by atoms with E-state index in [-0.39, 0.29) is 17.0 Å². The van der Waals surface area contributed by atoms with E-state index in [2.05, 4.69) is 30.5 Å². The Bertz CT molecular complexity index is 1210. The van der Waals surface area contributed by atoms with Crippen molar-refractivity contribution in [2.45, 2.75) is 0 Å².